The molecular formula is C29H14O7. The first-order chi connectivity index (χ1) is 17.4. The fourth-order valence-corrected chi connectivity index (χ4v) is 4.32. The Labute approximate surface area is 203 Å². The van der Waals surface area contributed by atoms with Crippen LogP contribution in [0.5, 0.6) is 0 Å². The van der Waals surface area contributed by atoms with E-state index in [2.05, 4.69) is 9.47 Å². The summed E-state index contributed by atoms with van der Waals surface area (Å²) in [5.74, 6) is -2.80. The van der Waals surface area contributed by atoms with Gasteiger partial charge in [-0.1, -0.05) is 60.7 Å². The summed E-state index contributed by atoms with van der Waals surface area (Å²) >= 11 is 0. The summed E-state index contributed by atoms with van der Waals surface area (Å²) in [6.07, 6.45) is 0. The maximum absolute atomic E-state index is 13.0. The Kier molecular flexibility index (Phi) is 4.72. The SMILES string of the molecule is O=C(c1ccc(-c2ccc3c(c2)C(=O)OC3=O)cc1)c1ccc(-c2ccc3c(c2)C(=O)OC3=O)cc1. The van der Waals surface area contributed by atoms with E-state index in [4.69, 9.17) is 0 Å². The third-order valence-corrected chi connectivity index (χ3v) is 6.25. The summed E-state index contributed by atoms with van der Waals surface area (Å²) in [7, 11) is 0. The molecule has 0 aromatic heterocycles. The number of benzene rings is 4. The van der Waals surface area contributed by atoms with Crippen LogP contribution in [-0.4, -0.2) is 29.7 Å². The summed E-state index contributed by atoms with van der Waals surface area (Å²) < 4.78 is 9.26. The molecule has 36 heavy (non-hydrogen) atoms. The van der Waals surface area contributed by atoms with Gasteiger partial charge in [0.15, 0.2) is 5.78 Å². The van der Waals surface area contributed by atoms with Crippen molar-refractivity contribution in [1.29, 1.82) is 0 Å². The van der Waals surface area contributed by atoms with Gasteiger partial charge in [-0.25, -0.2) is 19.2 Å². The number of carbonyl (C=O) groups excluding carboxylic acids is 5. The molecule has 0 bridgehead atoms. The molecule has 0 fully saturated rings. The van der Waals surface area contributed by atoms with Crippen LogP contribution in [0.4, 0.5) is 0 Å². The zero-order chi connectivity index (χ0) is 25.0. The van der Waals surface area contributed by atoms with E-state index in [1.165, 1.54) is 0 Å². The number of cyclic esters (lactones) is 4. The predicted octanol–water partition coefficient (Wildman–Crippen LogP) is 4.87. The Morgan fingerprint density at radius 3 is 1.14 bits per heavy atom. The zero-order valence-electron chi connectivity index (χ0n) is 18.4. The van der Waals surface area contributed by atoms with Crippen molar-refractivity contribution in [2.75, 3.05) is 0 Å². The molecule has 2 heterocycles. The van der Waals surface area contributed by atoms with Gasteiger partial charge in [-0.3, -0.25) is 4.79 Å². The van der Waals surface area contributed by atoms with Crippen LogP contribution in [-0.2, 0) is 9.47 Å². The van der Waals surface area contributed by atoms with Gasteiger partial charge < -0.3 is 9.47 Å². The van der Waals surface area contributed by atoms with E-state index in [9.17, 15) is 24.0 Å². The van der Waals surface area contributed by atoms with Crippen LogP contribution in [0, 0.1) is 0 Å². The van der Waals surface area contributed by atoms with Crippen molar-refractivity contribution in [1.82, 2.24) is 0 Å². The van der Waals surface area contributed by atoms with E-state index >= 15 is 0 Å². The lowest BCUT2D eigenvalue weighted by Gasteiger charge is -2.07. The van der Waals surface area contributed by atoms with E-state index in [1.54, 1.807) is 84.9 Å². The minimum atomic E-state index is -0.666. The molecule has 6 rings (SSSR count). The van der Waals surface area contributed by atoms with Gasteiger partial charge in [0.1, 0.15) is 0 Å². The van der Waals surface area contributed by atoms with Crippen LogP contribution in [0.15, 0.2) is 84.9 Å². The second-order valence-corrected chi connectivity index (χ2v) is 8.36. The molecule has 7 heteroatoms. The monoisotopic (exact) mass is 474 g/mol. The molecule has 0 spiro atoms. The Morgan fingerprint density at radius 1 is 0.417 bits per heavy atom. The molecule has 0 unspecified atom stereocenters. The maximum Gasteiger partial charge on any atom is 0.346 e. The van der Waals surface area contributed by atoms with Gasteiger partial charge in [-0.15, -0.1) is 0 Å². The van der Waals surface area contributed by atoms with Crippen molar-refractivity contribution in [3.05, 3.63) is 118 Å². The summed E-state index contributed by atoms with van der Waals surface area (Å²) in [4.78, 5) is 59.9. The molecule has 4 aromatic carbocycles. The largest absolute Gasteiger partial charge is 0.386 e. The molecule has 2 aliphatic rings. The number of hydrogen-bond acceptors (Lipinski definition) is 7. The number of fused-ring (bicyclic) bond motifs is 2. The summed E-state index contributed by atoms with van der Waals surface area (Å²) in [5, 5.41) is 0. The first-order valence-corrected chi connectivity index (χ1v) is 11.0. The third-order valence-electron chi connectivity index (χ3n) is 6.25. The second-order valence-electron chi connectivity index (χ2n) is 8.36. The molecule has 172 valence electrons. The van der Waals surface area contributed by atoms with E-state index in [0.29, 0.717) is 11.1 Å². The lowest BCUT2D eigenvalue weighted by atomic mass is 9.95. The van der Waals surface area contributed by atoms with Gasteiger partial charge in [0.05, 0.1) is 22.3 Å². The molecule has 2 aliphatic heterocycles. The topological polar surface area (TPSA) is 104 Å². The van der Waals surface area contributed by atoms with E-state index < -0.39 is 23.9 Å². The van der Waals surface area contributed by atoms with Crippen molar-refractivity contribution in [3.8, 4) is 22.3 Å². The van der Waals surface area contributed by atoms with Crippen molar-refractivity contribution in [2.45, 2.75) is 0 Å². The van der Waals surface area contributed by atoms with Crippen LogP contribution in [0.3, 0.4) is 0 Å². The molecule has 0 aliphatic carbocycles. The van der Waals surface area contributed by atoms with Gasteiger partial charge >= 0.3 is 23.9 Å². The number of ether oxygens (including phenoxy) is 2. The van der Waals surface area contributed by atoms with Crippen LogP contribution in [0.1, 0.15) is 57.4 Å². The van der Waals surface area contributed by atoms with Crippen molar-refractivity contribution in [2.24, 2.45) is 0 Å². The first-order valence-electron chi connectivity index (χ1n) is 11.0. The fourth-order valence-electron chi connectivity index (χ4n) is 4.32. The summed E-state index contributed by atoms with van der Waals surface area (Å²) in [5.41, 5.74) is 4.93. The zero-order valence-corrected chi connectivity index (χ0v) is 18.4. The normalized spacial score (nSPS) is 13.8. The molecule has 0 saturated carbocycles. The standard InChI is InChI=1S/C29H14O7/c30-25(17-5-1-15(2-6-17)19-9-11-21-23(13-19)28(33)35-26(21)31)18-7-3-16(4-8-18)20-10-12-22-24(14-20)29(34)36-27(22)32/h1-14H. The van der Waals surface area contributed by atoms with E-state index in [-0.39, 0.29) is 28.0 Å². The highest BCUT2D eigenvalue weighted by atomic mass is 16.6. The first kappa shape index (κ1) is 21.4. The van der Waals surface area contributed by atoms with Gasteiger partial charge in [-0.2, -0.15) is 0 Å². The van der Waals surface area contributed by atoms with E-state index in [0.717, 1.165) is 22.3 Å². The Hall–Kier alpha value is -5.17. The average molecular weight is 474 g/mol. The third kappa shape index (κ3) is 3.42. The molecule has 0 atom stereocenters. The highest BCUT2D eigenvalue weighted by molar-refractivity contribution is 6.16. The molecule has 0 saturated heterocycles. The Morgan fingerprint density at radius 2 is 0.750 bits per heavy atom. The van der Waals surface area contributed by atoms with Crippen LogP contribution >= 0.6 is 0 Å². The highest BCUT2D eigenvalue weighted by Gasteiger charge is 2.30. The number of rotatable bonds is 4. The Bertz CT molecular complexity index is 1520. The van der Waals surface area contributed by atoms with Crippen LogP contribution in [0.2, 0.25) is 0 Å². The smallest absolute Gasteiger partial charge is 0.346 e. The van der Waals surface area contributed by atoms with E-state index in [1.807, 2.05) is 0 Å². The summed E-state index contributed by atoms with van der Waals surface area (Å²) in [6, 6.07) is 23.7. The van der Waals surface area contributed by atoms with Crippen molar-refractivity contribution in [3.63, 3.8) is 0 Å². The summed E-state index contributed by atoms with van der Waals surface area (Å²) in [6.45, 7) is 0. The van der Waals surface area contributed by atoms with Gasteiger partial charge in [0.2, 0.25) is 0 Å². The molecule has 4 aromatic rings. The highest BCUT2D eigenvalue weighted by Crippen LogP contribution is 2.29. The minimum Gasteiger partial charge on any atom is -0.386 e. The van der Waals surface area contributed by atoms with Gasteiger partial charge in [0, 0.05) is 11.1 Å². The van der Waals surface area contributed by atoms with Gasteiger partial charge in [0.25, 0.3) is 0 Å². The molecule has 0 amide bonds. The van der Waals surface area contributed by atoms with Crippen LogP contribution < -0.4 is 0 Å². The quantitative estimate of drug-likeness (QED) is 0.236. The molecule has 7 nitrogen and oxygen atoms in total. The lowest BCUT2D eigenvalue weighted by molar-refractivity contribution is 0.0425. The Balaban J connectivity index is 1.22. The molecule has 0 N–H and O–H groups in total. The lowest BCUT2D eigenvalue weighted by Crippen LogP contribution is -2.01. The predicted molar refractivity (Wildman–Crippen MR) is 127 cm³/mol. The fraction of sp³-hybridized carbons (Fsp3) is 0. The number of carbonyl (C=O) groups is 5. The average Bonchev–Trinajstić information content (AvgIpc) is 3.36. The molecule has 0 radical (unpaired) electrons. The second kappa shape index (κ2) is 7.95. The van der Waals surface area contributed by atoms with Crippen LogP contribution in [0.25, 0.3) is 22.3 Å². The number of ketones is 1. The number of hydrogen-bond donors (Lipinski definition) is 0. The number of esters is 4. The maximum atomic E-state index is 13.0. The minimum absolute atomic E-state index is 0.167. The van der Waals surface area contributed by atoms with Crippen molar-refractivity contribution >= 4 is 29.7 Å². The van der Waals surface area contributed by atoms with Gasteiger partial charge in [-0.05, 0) is 46.5 Å². The van der Waals surface area contributed by atoms with Crippen molar-refractivity contribution < 1.29 is 33.4 Å². The molecular weight excluding hydrogens is 460 g/mol.